The van der Waals surface area contributed by atoms with E-state index in [0.29, 0.717) is 12.4 Å². The van der Waals surface area contributed by atoms with Crippen LogP contribution < -0.4 is 4.74 Å². The molecule has 3 heteroatoms. The second-order valence-electron chi connectivity index (χ2n) is 5.83. The minimum atomic E-state index is 0.317. The first-order valence-corrected chi connectivity index (χ1v) is 7.95. The molecular formula is C20H25NO2. The highest BCUT2D eigenvalue weighted by molar-refractivity contribution is 5.50. The fourth-order valence-corrected chi connectivity index (χ4v) is 2.15. The van der Waals surface area contributed by atoms with Crippen LogP contribution in [-0.2, 0) is 6.42 Å². The third-order valence-corrected chi connectivity index (χ3v) is 3.53. The lowest BCUT2D eigenvalue weighted by molar-refractivity contribution is 0.261. The topological polar surface area (TPSA) is 32.7 Å². The van der Waals surface area contributed by atoms with Crippen molar-refractivity contribution in [2.45, 2.75) is 12.8 Å². The molecule has 0 aromatic heterocycles. The predicted molar refractivity (Wildman–Crippen MR) is 96.0 cm³/mol. The van der Waals surface area contributed by atoms with Crippen molar-refractivity contribution in [3.63, 3.8) is 0 Å². The Hall–Kier alpha value is -2.26. The number of hydrogen-bond donors (Lipinski definition) is 1. The Morgan fingerprint density at radius 2 is 1.70 bits per heavy atom. The van der Waals surface area contributed by atoms with Crippen molar-refractivity contribution in [3.05, 3.63) is 65.7 Å². The average molecular weight is 311 g/mol. The zero-order valence-corrected chi connectivity index (χ0v) is 13.9. The molecule has 2 aromatic carbocycles. The third-order valence-electron chi connectivity index (χ3n) is 3.53. The Morgan fingerprint density at radius 3 is 2.35 bits per heavy atom. The van der Waals surface area contributed by atoms with Crippen LogP contribution in [-0.4, -0.2) is 37.3 Å². The van der Waals surface area contributed by atoms with E-state index in [0.717, 1.165) is 25.1 Å². The zero-order chi connectivity index (χ0) is 16.5. The molecule has 0 saturated heterocycles. The van der Waals surface area contributed by atoms with Gasteiger partial charge in [0.1, 0.15) is 18.1 Å². The van der Waals surface area contributed by atoms with Crippen molar-refractivity contribution in [3.8, 4) is 11.5 Å². The molecule has 2 rings (SSSR count). The van der Waals surface area contributed by atoms with Crippen LogP contribution >= 0.6 is 0 Å². The Labute approximate surface area is 138 Å². The lowest BCUT2D eigenvalue weighted by atomic mass is 10.1. The number of allylic oxidation sites excluding steroid dienone is 1. The first-order valence-electron chi connectivity index (χ1n) is 7.95. The van der Waals surface area contributed by atoms with Crippen LogP contribution in [0, 0.1) is 0 Å². The molecule has 0 atom stereocenters. The maximum Gasteiger partial charge on any atom is 0.119 e. The fourth-order valence-electron chi connectivity index (χ4n) is 2.15. The molecule has 0 fully saturated rings. The largest absolute Gasteiger partial charge is 0.508 e. The highest BCUT2D eigenvalue weighted by Crippen LogP contribution is 2.14. The van der Waals surface area contributed by atoms with E-state index in [2.05, 4.69) is 29.2 Å². The molecular weight excluding hydrogens is 286 g/mol. The van der Waals surface area contributed by atoms with Gasteiger partial charge in [0.25, 0.3) is 0 Å². The molecule has 0 aliphatic rings. The molecule has 0 amide bonds. The summed E-state index contributed by atoms with van der Waals surface area (Å²) in [4.78, 5) is 2.10. The summed E-state index contributed by atoms with van der Waals surface area (Å²) < 4.78 is 5.68. The second kappa shape index (κ2) is 9.01. The quantitative estimate of drug-likeness (QED) is 0.800. The van der Waals surface area contributed by atoms with Gasteiger partial charge in [0.2, 0.25) is 0 Å². The standard InChI is InChI=1S/C20H25NO2/c1-21(2)15-16-23-20-13-9-18(10-14-20)6-4-3-5-17-7-11-19(22)12-8-17/h4,6-14,22H,3,5,15-16H2,1-2H3. The van der Waals surface area contributed by atoms with Crippen molar-refractivity contribution in [1.82, 2.24) is 4.90 Å². The van der Waals surface area contributed by atoms with Crippen LogP contribution in [0.1, 0.15) is 17.5 Å². The molecule has 23 heavy (non-hydrogen) atoms. The molecule has 0 spiro atoms. The average Bonchev–Trinajstić information content (AvgIpc) is 2.54. The van der Waals surface area contributed by atoms with Crippen LogP contribution in [0.25, 0.3) is 6.08 Å². The van der Waals surface area contributed by atoms with Crippen molar-refractivity contribution in [1.29, 1.82) is 0 Å². The van der Waals surface area contributed by atoms with Gasteiger partial charge in [-0.15, -0.1) is 0 Å². The van der Waals surface area contributed by atoms with Crippen LogP contribution in [0.15, 0.2) is 54.6 Å². The lowest BCUT2D eigenvalue weighted by Crippen LogP contribution is -2.19. The monoisotopic (exact) mass is 311 g/mol. The summed E-state index contributed by atoms with van der Waals surface area (Å²) in [5.41, 5.74) is 2.41. The fraction of sp³-hybridized carbons (Fsp3) is 0.300. The van der Waals surface area contributed by atoms with Crippen molar-refractivity contribution < 1.29 is 9.84 Å². The van der Waals surface area contributed by atoms with Crippen LogP contribution in [0.2, 0.25) is 0 Å². The van der Waals surface area contributed by atoms with Gasteiger partial charge >= 0.3 is 0 Å². The Balaban J connectivity index is 1.75. The summed E-state index contributed by atoms with van der Waals surface area (Å²) >= 11 is 0. The summed E-state index contributed by atoms with van der Waals surface area (Å²) in [6.07, 6.45) is 6.26. The van der Waals surface area contributed by atoms with Crippen molar-refractivity contribution >= 4 is 6.08 Å². The number of nitrogens with zero attached hydrogens (tertiary/aromatic N) is 1. The molecule has 2 aromatic rings. The van der Waals surface area contributed by atoms with E-state index >= 15 is 0 Å². The summed E-state index contributed by atoms with van der Waals surface area (Å²) in [6, 6.07) is 15.5. The minimum absolute atomic E-state index is 0.317. The van der Waals surface area contributed by atoms with Crippen LogP contribution in [0.4, 0.5) is 0 Å². The predicted octanol–water partition coefficient (Wildman–Crippen LogP) is 3.98. The third kappa shape index (κ3) is 6.57. The molecule has 0 unspecified atom stereocenters. The van der Waals surface area contributed by atoms with Gasteiger partial charge in [0, 0.05) is 6.54 Å². The molecule has 3 nitrogen and oxygen atoms in total. The Kier molecular flexibility index (Phi) is 6.70. The summed E-state index contributed by atoms with van der Waals surface area (Å²) in [7, 11) is 4.07. The van der Waals surface area contributed by atoms with Gasteiger partial charge in [-0.3, -0.25) is 0 Å². The molecule has 0 aliphatic heterocycles. The molecule has 0 radical (unpaired) electrons. The van der Waals surface area contributed by atoms with E-state index in [4.69, 9.17) is 4.74 Å². The van der Waals surface area contributed by atoms with Gasteiger partial charge in [0.05, 0.1) is 0 Å². The zero-order valence-electron chi connectivity index (χ0n) is 13.9. The number of likely N-dealkylation sites (N-methyl/N-ethyl adjacent to an activating group) is 1. The van der Waals surface area contributed by atoms with E-state index in [1.165, 1.54) is 11.1 Å². The first kappa shape index (κ1) is 17.1. The van der Waals surface area contributed by atoms with Gasteiger partial charge in [-0.05, 0) is 62.3 Å². The highest BCUT2D eigenvalue weighted by Gasteiger charge is 1.95. The van der Waals surface area contributed by atoms with Gasteiger partial charge in [-0.2, -0.15) is 0 Å². The highest BCUT2D eigenvalue weighted by atomic mass is 16.5. The SMILES string of the molecule is CN(C)CCOc1ccc(C=CCCc2ccc(O)cc2)cc1. The van der Waals surface area contributed by atoms with E-state index in [9.17, 15) is 5.11 Å². The summed E-state index contributed by atoms with van der Waals surface area (Å²) in [6.45, 7) is 1.62. The van der Waals surface area contributed by atoms with Crippen molar-refractivity contribution in [2.75, 3.05) is 27.2 Å². The molecule has 1 N–H and O–H groups in total. The maximum atomic E-state index is 9.25. The van der Waals surface area contributed by atoms with E-state index < -0.39 is 0 Å². The lowest BCUT2D eigenvalue weighted by Gasteiger charge is -2.10. The van der Waals surface area contributed by atoms with Crippen LogP contribution in [0.5, 0.6) is 11.5 Å². The molecule has 0 aliphatic carbocycles. The number of benzene rings is 2. The molecule has 0 saturated carbocycles. The van der Waals surface area contributed by atoms with E-state index in [1.54, 1.807) is 12.1 Å². The maximum absolute atomic E-state index is 9.25. The Bertz CT molecular complexity index is 601. The van der Waals surface area contributed by atoms with Crippen LogP contribution in [0.3, 0.4) is 0 Å². The number of phenolic OH excluding ortho intramolecular Hbond substituents is 1. The van der Waals surface area contributed by atoms with Gasteiger partial charge in [-0.25, -0.2) is 0 Å². The van der Waals surface area contributed by atoms with E-state index in [1.807, 2.05) is 38.4 Å². The number of rotatable bonds is 8. The second-order valence-corrected chi connectivity index (χ2v) is 5.83. The van der Waals surface area contributed by atoms with Gasteiger partial charge < -0.3 is 14.7 Å². The smallest absolute Gasteiger partial charge is 0.119 e. The molecule has 0 bridgehead atoms. The van der Waals surface area contributed by atoms with Crippen molar-refractivity contribution in [2.24, 2.45) is 0 Å². The number of aryl methyl sites for hydroxylation is 1. The Morgan fingerprint density at radius 1 is 1.00 bits per heavy atom. The minimum Gasteiger partial charge on any atom is -0.508 e. The number of phenols is 1. The number of ether oxygens (including phenoxy) is 1. The molecule has 0 heterocycles. The van der Waals surface area contributed by atoms with Gasteiger partial charge in [0.15, 0.2) is 0 Å². The summed E-state index contributed by atoms with van der Waals surface area (Å²) in [5, 5.41) is 9.25. The number of hydrogen-bond acceptors (Lipinski definition) is 3. The van der Waals surface area contributed by atoms with Gasteiger partial charge in [-0.1, -0.05) is 36.4 Å². The normalized spacial score (nSPS) is 11.3. The summed E-state index contributed by atoms with van der Waals surface area (Å²) in [5.74, 6) is 1.23. The number of aromatic hydroxyl groups is 1. The molecule has 122 valence electrons. The van der Waals surface area contributed by atoms with E-state index in [-0.39, 0.29) is 0 Å². The first-order chi connectivity index (χ1) is 11.1.